The number of ether oxygens (including phenoxy) is 1. The van der Waals surface area contributed by atoms with Crippen molar-refractivity contribution in [2.24, 2.45) is 0 Å². The van der Waals surface area contributed by atoms with E-state index in [4.69, 9.17) is 4.74 Å². The number of hydrogen-bond acceptors (Lipinski definition) is 4. The molecule has 2 atom stereocenters. The van der Waals surface area contributed by atoms with Crippen LogP contribution in [0.4, 0.5) is 5.69 Å². The number of anilines is 1. The standard InChI is InChI=1S/C19H23N3O3/c1-4-7-15-11-20-18(21-15)17-10-14-8-5-6-9-16(14)22(17)19(24)12(2)25-13(3)23/h5-6,8-9,11-12,17H,4,7,10H2,1-3H3,(H,20,21). The van der Waals surface area contributed by atoms with Crippen molar-refractivity contribution in [1.29, 1.82) is 0 Å². The van der Waals surface area contributed by atoms with Crippen molar-refractivity contribution in [3.63, 3.8) is 0 Å². The van der Waals surface area contributed by atoms with Gasteiger partial charge in [0.25, 0.3) is 5.91 Å². The maximum atomic E-state index is 13.0. The van der Waals surface area contributed by atoms with E-state index in [9.17, 15) is 9.59 Å². The Morgan fingerprint density at radius 3 is 2.88 bits per heavy atom. The maximum absolute atomic E-state index is 13.0. The molecule has 132 valence electrons. The lowest BCUT2D eigenvalue weighted by molar-refractivity contribution is -0.151. The number of aromatic amines is 1. The third-order valence-electron chi connectivity index (χ3n) is 4.39. The molecule has 0 radical (unpaired) electrons. The van der Waals surface area contributed by atoms with E-state index in [0.29, 0.717) is 6.42 Å². The van der Waals surface area contributed by atoms with Crippen molar-refractivity contribution < 1.29 is 14.3 Å². The lowest BCUT2D eigenvalue weighted by Crippen LogP contribution is -2.40. The van der Waals surface area contributed by atoms with Gasteiger partial charge in [0.1, 0.15) is 5.82 Å². The van der Waals surface area contributed by atoms with Gasteiger partial charge >= 0.3 is 5.97 Å². The van der Waals surface area contributed by atoms with Gasteiger partial charge in [-0.15, -0.1) is 0 Å². The smallest absolute Gasteiger partial charge is 0.303 e. The number of hydrogen-bond donors (Lipinski definition) is 1. The highest BCUT2D eigenvalue weighted by atomic mass is 16.5. The summed E-state index contributed by atoms with van der Waals surface area (Å²) >= 11 is 0. The molecule has 1 aromatic carbocycles. The van der Waals surface area contributed by atoms with Crippen LogP contribution in [0, 0.1) is 0 Å². The molecular formula is C19H23N3O3. The average molecular weight is 341 g/mol. The second-order valence-corrected chi connectivity index (χ2v) is 6.35. The number of H-pyrrole nitrogens is 1. The van der Waals surface area contributed by atoms with E-state index < -0.39 is 12.1 Å². The molecule has 2 unspecified atom stereocenters. The first-order chi connectivity index (χ1) is 12.0. The Labute approximate surface area is 147 Å². The van der Waals surface area contributed by atoms with E-state index in [1.807, 2.05) is 30.5 Å². The topological polar surface area (TPSA) is 75.3 Å². The zero-order valence-corrected chi connectivity index (χ0v) is 14.8. The second-order valence-electron chi connectivity index (χ2n) is 6.35. The number of carbonyl (C=O) groups is 2. The molecule has 25 heavy (non-hydrogen) atoms. The number of nitrogens with one attached hydrogen (secondary N) is 1. The van der Waals surface area contributed by atoms with E-state index in [1.54, 1.807) is 11.8 Å². The summed E-state index contributed by atoms with van der Waals surface area (Å²) in [6.07, 6.45) is 3.63. The normalized spacial score (nSPS) is 17.2. The molecule has 0 spiro atoms. The number of para-hydroxylation sites is 1. The van der Waals surface area contributed by atoms with Gasteiger partial charge in [0.15, 0.2) is 6.10 Å². The summed E-state index contributed by atoms with van der Waals surface area (Å²) in [5, 5.41) is 0. The molecular weight excluding hydrogens is 318 g/mol. The van der Waals surface area contributed by atoms with Gasteiger partial charge in [-0.3, -0.25) is 14.5 Å². The highest BCUT2D eigenvalue weighted by molar-refractivity contribution is 5.99. The second kappa shape index (κ2) is 7.09. The van der Waals surface area contributed by atoms with Crippen molar-refractivity contribution in [2.45, 2.75) is 52.2 Å². The summed E-state index contributed by atoms with van der Waals surface area (Å²) in [7, 11) is 0. The Kier molecular flexibility index (Phi) is 4.88. The summed E-state index contributed by atoms with van der Waals surface area (Å²) in [6.45, 7) is 5.03. The third kappa shape index (κ3) is 3.43. The van der Waals surface area contributed by atoms with Crippen molar-refractivity contribution in [3.8, 4) is 0 Å². The van der Waals surface area contributed by atoms with Crippen LogP contribution in [0.5, 0.6) is 0 Å². The van der Waals surface area contributed by atoms with Crippen LogP contribution in [-0.4, -0.2) is 27.9 Å². The van der Waals surface area contributed by atoms with Crippen LogP contribution in [0.15, 0.2) is 30.5 Å². The van der Waals surface area contributed by atoms with Crippen LogP contribution in [0.3, 0.4) is 0 Å². The first-order valence-corrected chi connectivity index (χ1v) is 8.63. The van der Waals surface area contributed by atoms with Gasteiger partial charge in [-0.05, 0) is 25.0 Å². The van der Waals surface area contributed by atoms with Gasteiger partial charge in [0, 0.05) is 30.9 Å². The van der Waals surface area contributed by atoms with E-state index in [0.717, 1.165) is 35.6 Å². The molecule has 0 bridgehead atoms. The Hall–Kier alpha value is -2.63. The number of aromatic nitrogens is 2. The minimum atomic E-state index is -0.837. The number of rotatable bonds is 5. The van der Waals surface area contributed by atoms with Gasteiger partial charge < -0.3 is 9.72 Å². The van der Waals surface area contributed by atoms with Crippen LogP contribution in [0.25, 0.3) is 0 Å². The number of esters is 1. The number of imidazole rings is 1. The molecule has 0 saturated heterocycles. The zero-order chi connectivity index (χ0) is 18.0. The number of fused-ring (bicyclic) bond motifs is 1. The van der Waals surface area contributed by atoms with Gasteiger partial charge in [-0.25, -0.2) is 4.98 Å². The fourth-order valence-electron chi connectivity index (χ4n) is 3.31. The molecule has 2 heterocycles. The molecule has 2 aromatic rings. The average Bonchev–Trinajstić information content (AvgIpc) is 3.17. The molecule has 6 nitrogen and oxygen atoms in total. The summed E-state index contributed by atoms with van der Waals surface area (Å²) < 4.78 is 5.11. The lowest BCUT2D eigenvalue weighted by atomic mass is 10.1. The van der Waals surface area contributed by atoms with Crippen molar-refractivity contribution in [3.05, 3.63) is 47.5 Å². The van der Waals surface area contributed by atoms with E-state index in [-0.39, 0.29) is 11.9 Å². The minimum absolute atomic E-state index is 0.214. The van der Waals surface area contributed by atoms with Gasteiger partial charge in [-0.1, -0.05) is 31.5 Å². The highest BCUT2D eigenvalue weighted by Gasteiger charge is 2.38. The number of amides is 1. The molecule has 1 N–H and O–H groups in total. The monoisotopic (exact) mass is 341 g/mol. The van der Waals surface area contributed by atoms with E-state index in [2.05, 4.69) is 16.9 Å². The lowest BCUT2D eigenvalue weighted by Gasteiger charge is -2.26. The molecule has 3 rings (SSSR count). The fraction of sp³-hybridized carbons (Fsp3) is 0.421. The highest BCUT2D eigenvalue weighted by Crippen LogP contribution is 2.40. The molecule has 0 fully saturated rings. The van der Waals surface area contributed by atoms with Gasteiger partial charge in [0.2, 0.25) is 0 Å². The first-order valence-electron chi connectivity index (χ1n) is 8.63. The molecule has 1 aromatic heterocycles. The van der Waals surface area contributed by atoms with Crippen molar-refractivity contribution in [1.82, 2.24) is 9.97 Å². The molecule has 1 aliphatic rings. The number of aryl methyl sites for hydroxylation is 1. The Morgan fingerprint density at radius 2 is 2.16 bits per heavy atom. The Morgan fingerprint density at radius 1 is 1.40 bits per heavy atom. The van der Waals surface area contributed by atoms with Gasteiger partial charge in [0.05, 0.1) is 6.04 Å². The van der Waals surface area contributed by atoms with E-state index >= 15 is 0 Å². The summed E-state index contributed by atoms with van der Waals surface area (Å²) in [5.41, 5.74) is 3.00. The number of benzene rings is 1. The van der Waals surface area contributed by atoms with Gasteiger partial charge in [-0.2, -0.15) is 0 Å². The molecule has 6 heteroatoms. The predicted molar refractivity (Wildman–Crippen MR) is 94.2 cm³/mol. The van der Waals surface area contributed by atoms with Crippen molar-refractivity contribution in [2.75, 3.05) is 4.90 Å². The molecule has 1 amide bonds. The minimum Gasteiger partial charge on any atom is -0.453 e. The molecule has 1 aliphatic heterocycles. The zero-order valence-electron chi connectivity index (χ0n) is 14.8. The van der Waals surface area contributed by atoms with Crippen LogP contribution in [0.2, 0.25) is 0 Å². The number of nitrogens with zero attached hydrogens (tertiary/aromatic N) is 2. The van der Waals surface area contributed by atoms with E-state index in [1.165, 1.54) is 6.92 Å². The quantitative estimate of drug-likeness (QED) is 0.849. The summed E-state index contributed by atoms with van der Waals surface area (Å²) in [6, 6.07) is 7.59. The third-order valence-corrected chi connectivity index (χ3v) is 4.39. The Bertz CT molecular complexity index is 784. The summed E-state index contributed by atoms with van der Waals surface area (Å²) in [4.78, 5) is 33.7. The largest absolute Gasteiger partial charge is 0.453 e. The maximum Gasteiger partial charge on any atom is 0.303 e. The van der Waals surface area contributed by atoms with Crippen LogP contribution in [-0.2, 0) is 27.2 Å². The molecule has 0 aliphatic carbocycles. The predicted octanol–water partition coefficient (Wildman–Crippen LogP) is 2.94. The van der Waals surface area contributed by atoms with Crippen LogP contribution in [0.1, 0.15) is 50.3 Å². The van der Waals surface area contributed by atoms with Crippen LogP contribution < -0.4 is 4.90 Å². The van der Waals surface area contributed by atoms with Crippen molar-refractivity contribution >= 4 is 17.6 Å². The Balaban J connectivity index is 1.94. The number of carbonyl (C=O) groups excluding carboxylic acids is 2. The fourth-order valence-corrected chi connectivity index (χ4v) is 3.31. The SMILES string of the molecule is CCCc1cnc(C2Cc3ccccc3N2C(=O)C(C)OC(C)=O)[nH]1. The summed E-state index contributed by atoms with van der Waals surface area (Å²) in [5.74, 6) is 0.0646. The molecule has 0 saturated carbocycles. The van der Waals surface area contributed by atoms with Crippen LogP contribution >= 0.6 is 0 Å². The first kappa shape index (κ1) is 17.2.